The maximum Gasteiger partial charge on any atom is 0.319 e. The fraction of sp³-hybridized carbons (Fsp3) is 0.350. The first-order chi connectivity index (χ1) is 13.2. The van der Waals surface area contributed by atoms with Crippen molar-refractivity contribution < 1.29 is 8.78 Å². The molecule has 1 aliphatic rings. The first kappa shape index (κ1) is 18.3. The zero-order valence-electron chi connectivity index (χ0n) is 15.0. The number of imidazole rings is 1. The smallest absolute Gasteiger partial charge is 0.296 e. The topological polar surface area (TPSA) is 24.3 Å². The number of nitrogens with zero attached hydrogens (tertiary/aromatic N) is 4. The van der Waals surface area contributed by atoms with E-state index in [1.807, 2.05) is 17.4 Å². The molecule has 0 atom stereocenters. The minimum atomic E-state index is -2.53. The molecule has 0 radical (unpaired) electrons. The highest BCUT2D eigenvalue weighted by molar-refractivity contribution is 7.15. The molecule has 142 valence electrons. The number of benzene rings is 1. The summed E-state index contributed by atoms with van der Waals surface area (Å²) in [6.45, 7) is 2.50. The second kappa shape index (κ2) is 8.29. The number of rotatable bonds is 6. The summed E-state index contributed by atoms with van der Waals surface area (Å²) in [5, 5.41) is 0. The Kier molecular flexibility index (Phi) is 5.61. The van der Waals surface area contributed by atoms with Gasteiger partial charge in [-0.1, -0.05) is 30.3 Å². The van der Waals surface area contributed by atoms with Gasteiger partial charge < -0.3 is 0 Å². The average Bonchev–Trinajstić information content (AvgIpc) is 3.34. The van der Waals surface area contributed by atoms with Crippen LogP contribution in [0.2, 0.25) is 0 Å². The number of halogens is 2. The van der Waals surface area contributed by atoms with Gasteiger partial charge in [0, 0.05) is 54.9 Å². The summed E-state index contributed by atoms with van der Waals surface area (Å²) in [6, 6.07) is 14.8. The van der Waals surface area contributed by atoms with Crippen LogP contribution in [0, 0.1) is 0 Å². The molecule has 27 heavy (non-hydrogen) atoms. The number of alkyl halides is 2. The summed E-state index contributed by atoms with van der Waals surface area (Å²) in [4.78, 5) is 11.4. The fourth-order valence-electron chi connectivity index (χ4n) is 3.39. The van der Waals surface area contributed by atoms with Crippen molar-refractivity contribution in [2.75, 3.05) is 26.2 Å². The van der Waals surface area contributed by atoms with Crippen molar-refractivity contribution in [2.24, 2.45) is 0 Å². The van der Waals surface area contributed by atoms with E-state index in [-0.39, 0.29) is 0 Å². The minimum Gasteiger partial charge on any atom is -0.296 e. The normalized spacial score (nSPS) is 16.3. The highest BCUT2D eigenvalue weighted by Gasteiger charge is 2.20. The maximum absolute atomic E-state index is 12.9. The molecule has 0 bridgehead atoms. The summed E-state index contributed by atoms with van der Waals surface area (Å²) < 4.78 is 26.8. The molecule has 0 spiro atoms. The van der Waals surface area contributed by atoms with Gasteiger partial charge in [0.15, 0.2) is 0 Å². The molecule has 1 fully saturated rings. The van der Waals surface area contributed by atoms with Crippen LogP contribution in [0.25, 0.3) is 10.4 Å². The van der Waals surface area contributed by atoms with E-state index in [9.17, 15) is 8.78 Å². The van der Waals surface area contributed by atoms with E-state index >= 15 is 0 Å². The van der Waals surface area contributed by atoms with Crippen molar-refractivity contribution in [2.45, 2.75) is 19.6 Å². The molecular formula is C20H22F2N4S. The third kappa shape index (κ3) is 4.43. The van der Waals surface area contributed by atoms with Gasteiger partial charge in [-0.25, -0.2) is 4.98 Å². The Morgan fingerprint density at radius 1 is 0.926 bits per heavy atom. The van der Waals surface area contributed by atoms with Gasteiger partial charge in [-0.2, -0.15) is 8.78 Å². The Hall–Kier alpha value is -2.09. The molecule has 3 aromatic rings. The van der Waals surface area contributed by atoms with Crippen molar-refractivity contribution >= 4 is 11.3 Å². The molecule has 7 heteroatoms. The van der Waals surface area contributed by atoms with Gasteiger partial charge in [0.2, 0.25) is 0 Å². The number of aromatic nitrogens is 2. The molecule has 0 N–H and O–H groups in total. The minimum absolute atomic E-state index is 0.434. The third-order valence-corrected chi connectivity index (χ3v) is 6.01. The van der Waals surface area contributed by atoms with Gasteiger partial charge >= 0.3 is 6.55 Å². The van der Waals surface area contributed by atoms with Crippen molar-refractivity contribution in [1.29, 1.82) is 0 Å². The third-order valence-electron chi connectivity index (χ3n) is 4.89. The van der Waals surface area contributed by atoms with Gasteiger partial charge in [0.25, 0.3) is 0 Å². The van der Waals surface area contributed by atoms with Gasteiger partial charge in [-0.15, -0.1) is 11.3 Å². The van der Waals surface area contributed by atoms with Crippen LogP contribution in [-0.2, 0) is 13.1 Å². The molecule has 1 aliphatic heterocycles. The largest absolute Gasteiger partial charge is 0.319 e. The van der Waals surface area contributed by atoms with Crippen LogP contribution in [0.15, 0.2) is 54.9 Å². The Balaban J connectivity index is 1.30. The molecule has 1 saturated heterocycles. The molecule has 4 rings (SSSR count). The molecule has 1 aromatic carbocycles. The fourth-order valence-corrected chi connectivity index (χ4v) is 4.45. The van der Waals surface area contributed by atoms with Crippen LogP contribution in [0.1, 0.15) is 17.3 Å². The van der Waals surface area contributed by atoms with Gasteiger partial charge in [0.1, 0.15) is 5.82 Å². The van der Waals surface area contributed by atoms with Crippen LogP contribution >= 0.6 is 11.3 Å². The van der Waals surface area contributed by atoms with Crippen molar-refractivity contribution in [1.82, 2.24) is 19.4 Å². The van der Waals surface area contributed by atoms with E-state index in [1.54, 1.807) is 0 Å². The van der Waals surface area contributed by atoms with E-state index in [1.165, 1.54) is 27.7 Å². The highest BCUT2D eigenvalue weighted by atomic mass is 32.1. The molecular weight excluding hydrogens is 366 g/mol. The molecule has 0 unspecified atom stereocenters. The van der Waals surface area contributed by atoms with Crippen molar-refractivity contribution in [3.63, 3.8) is 0 Å². The lowest BCUT2D eigenvalue weighted by Gasteiger charge is -2.34. The van der Waals surface area contributed by atoms with Crippen molar-refractivity contribution in [3.05, 3.63) is 65.6 Å². The molecule has 0 aliphatic carbocycles. The summed E-state index contributed by atoms with van der Waals surface area (Å²) >= 11 is 1.84. The zero-order chi connectivity index (χ0) is 18.6. The van der Waals surface area contributed by atoms with Crippen LogP contribution in [0.4, 0.5) is 8.78 Å². The van der Waals surface area contributed by atoms with Crippen LogP contribution in [-0.4, -0.2) is 45.5 Å². The first-order valence-electron chi connectivity index (χ1n) is 9.08. The van der Waals surface area contributed by atoms with E-state index in [2.05, 4.69) is 51.2 Å². The number of hydrogen-bond acceptors (Lipinski definition) is 4. The Bertz CT molecular complexity index is 854. The Morgan fingerprint density at radius 3 is 2.33 bits per heavy atom. The SMILES string of the molecule is FC(F)n1ccnc1CN1CCN(Cc2ccc(-c3ccccc3)s2)CC1. The van der Waals surface area contributed by atoms with Crippen molar-refractivity contribution in [3.8, 4) is 10.4 Å². The van der Waals surface area contributed by atoms with Crippen LogP contribution in [0.5, 0.6) is 0 Å². The highest BCUT2D eigenvalue weighted by Crippen LogP contribution is 2.28. The molecule has 2 aromatic heterocycles. The second-order valence-corrected chi connectivity index (χ2v) is 7.88. The van der Waals surface area contributed by atoms with Gasteiger partial charge in [-0.3, -0.25) is 14.4 Å². The lowest BCUT2D eigenvalue weighted by Crippen LogP contribution is -2.45. The lowest BCUT2D eigenvalue weighted by atomic mass is 10.2. The summed E-state index contributed by atoms with van der Waals surface area (Å²) in [5.41, 5.74) is 1.26. The number of thiophene rings is 1. The van der Waals surface area contributed by atoms with Crippen LogP contribution in [0.3, 0.4) is 0 Å². The van der Waals surface area contributed by atoms with Gasteiger partial charge in [-0.05, 0) is 17.7 Å². The monoisotopic (exact) mass is 388 g/mol. The van der Waals surface area contributed by atoms with Crippen LogP contribution < -0.4 is 0 Å². The van der Waals surface area contributed by atoms with E-state index in [4.69, 9.17) is 0 Å². The second-order valence-electron chi connectivity index (χ2n) is 6.71. The summed E-state index contributed by atoms with van der Waals surface area (Å²) in [6.07, 6.45) is 2.79. The van der Waals surface area contributed by atoms with E-state index in [0.717, 1.165) is 37.3 Å². The lowest BCUT2D eigenvalue weighted by molar-refractivity contribution is 0.0603. The Labute approximate surface area is 161 Å². The average molecular weight is 388 g/mol. The van der Waals surface area contributed by atoms with E-state index in [0.29, 0.717) is 12.4 Å². The molecule has 0 amide bonds. The quantitative estimate of drug-likeness (QED) is 0.628. The van der Waals surface area contributed by atoms with Gasteiger partial charge in [0.05, 0.1) is 6.54 Å². The standard InChI is InChI=1S/C20H22F2N4S/c21-20(22)26-9-8-23-19(26)15-25-12-10-24(11-13-25)14-17-6-7-18(27-17)16-4-2-1-3-5-16/h1-9,20H,10-15H2. The molecule has 3 heterocycles. The summed E-state index contributed by atoms with van der Waals surface area (Å²) in [5.74, 6) is 0.434. The maximum atomic E-state index is 12.9. The zero-order valence-corrected chi connectivity index (χ0v) is 15.8. The Morgan fingerprint density at radius 2 is 1.63 bits per heavy atom. The predicted molar refractivity (Wildman–Crippen MR) is 104 cm³/mol. The first-order valence-corrected chi connectivity index (χ1v) is 9.89. The number of hydrogen-bond donors (Lipinski definition) is 0. The molecule has 4 nitrogen and oxygen atoms in total. The molecule has 0 saturated carbocycles. The predicted octanol–water partition coefficient (Wildman–Crippen LogP) is 4.32. The summed E-state index contributed by atoms with van der Waals surface area (Å²) in [7, 11) is 0. The van der Waals surface area contributed by atoms with E-state index < -0.39 is 6.55 Å². The number of piperazine rings is 1.